The maximum atomic E-state index is 2.29. The van der Waals surface area contributed by atoms with Crippen molar-refractivity contribution in [3.8, 4) is 0 Å². The summed E-state index contributed by atoms with van der Waals surface area (Å²) < 4.78 is 1.47. The molecule has 0 nitrogen and oxygen atoms in total. The Morgan fingerprint density at radius 1 is 1.33 bits per heavy atom. The van der Waals surface area contributed by atoms with Gasteiger partial charge >= 0.3 is 56.2 Å². The molecule has 0 aromatic carbocycles. The van der Waals surface area contributed by atoms with Crippen LogP contribution in [0.5, 0.6) is 0 Å². The van der Waals surface area contributed by atoms with Crippen LogP contribution in [0.2, 0.25) is 3.93 Å². The maximum absolute atomic E-state index is 2.29. The summed E-state index contributed by atoms with van der Waals surface area (Å²) in [7, 11) is 0. The van der Waals surface area contributed by atoms with Crippen LogP contribution in [0.15, 0.2) is 0 Å². The molecule has 0 atom stereocenters. The van der Waals surface area contributed by atoms with Gasteiger partial charge in [-0.1, -0.05) is 0 Å². The van der Waals surface area contributed by atoms with Gasteiger partial charge in [0.15, 0.2) is 0 Å². The third-order valence-electron chi connectivity index (χ3n) is 0.750. The Balaban J connectivity index is 3.17. The van der Waals surface area contributed by atoms with E-state index in [1.54, 1.807) is 0 Å². The van der Waals surface area contributed by atoms with E-state index in [-0.39, 0.29) is 0 Å². The predicted molar refractivity (Wildman–Crippen MR) is 24.3 cm³/mol. The van der Waals surface area contributed by atoms with Crippen LogP contribution < -0.4 is 0 Å². The van der Waals surface area contributed by atoms with E-state index in [4.69, 9.17) is 0 Å². The summed E-state index contributed by atoms with van der Waals surface area (Å²) in [5, 5.41) is 0. The second-order valence-corrected chi connectivity index (χ2v) is 4.75. The zero-order chi connectivity index (χ0) is 5.21. The Morgan fingerprint density at radius 2 is 1.50 bits per heavy atom. The van der Waals surface area contributed by atoms with Crippen molar-refractivity contribution in [2.75, 3.05) is 0 Å². The molecule has 0 unspecified atom stereocenters. The Labute approximate surface area is 56.3 Å². The molecule has 0 radical (unpaired) electrons. The van der Waals surface area contributed by atoms with Gasteiger partial charge in [-0.15, -0.1) is 0 Å². The van der Waals surface area contributed by atoms with Crippen molar-refractivity contribution in [3.05, 3.63) is 0 Å². The summed E-state index contributed by atoms with van der Waals surface area (Å²) in [6.07, 6.45) is 0. The summed E-state index contributed by atoms with van der Waals surface area (Å²) in [5.41, 5.74) is 0.628. The molecule has 6 heavy (non-hydrogen) atoms. The molecule has 0 aromatic heterocycles. The zero-order valence-electron chi connectivity index (χ0n) is 4.91. The van der Waals surface area contributed by atoms with Crippen LogP contribution in [0.25, 0.3) is 0 Å². The van der Waals surface area contributed by atoms with E-state index in [9.17, 15) is 0 Å². The van der Waals surface area contributed by atoms with Gasteiger partial charge in [-0.3, -0.25) is 0 Å². The van der Waals surface area contributed by atoms with Crippen molar-refractivity contribution < 1.29 is 26.1 Å². The molecule has 0 aliphatic carbocycles. The van der Waals surface area contributed by atoms with E-state index >= 15 is 0 Å². The molecule has 0 fully saturated rings. The number of hydrogen-bond donors (Lipinski definition) is 0. The molecule has 0 saturated carbocycles. The van der Waals surface area contributed by atoms with Crippen LogP contribution in [0.1, 0.15) is 20.8 Å². The Kier molecular flexibility index (Phi) is 2.65. The molecule has 0 spiro atoms. The number of hydrogen-bond acceptors (Lipinski definition) is 0. The first-order chi connectivity index (χ1) is 2.56. The minimum absolute atomic E-state index is 0.628. The van der Waals surface area contributed by atoms with E-state index in [0.29, 0.717) is 5.41 Å². The fourth-order valence-corrected chi connectivity index (χ4v) is 0. The summed E-state index contributed by atoms with van der Waals surface area (Å²) >= 11 is 1.00. The van der Waals surface area contributed by atoms with Gasteiger partial charge in [0.2, 0.25) is 0 Å². The predicted octanol–water partition coefficient (Wildman–Crippen LogP) is 2.00. The Hall–Kier alpha value is 0.935. The van der Waals surface area contributed by atoms with Gasteiger partial charge in [0.25, 0.3) is 0 Å². The van der Waals surface area contributed by atoms with Crippen LogP contribution in [-0.2, 0) is 26.1 Å². The van der Waals surface area contributed by atoms with Gasteiger partial charge in [-0.25, -0.2) is 0 Å². The molecule has 0 heterocycles. The summed E-state index contributed by atoms with van der Waals surface area (Å²) in [6, 6.07) is 0. The first-order valence-corrected chi connectivity index (χ1v) is 6.24. The molecule has 0 saturated heterocycles. The van der Waals surface area contributed by atoms with Gasteiger partial charge in [0.1, 0.15) is 0 Å². The van der Waals surface area contributed by atoms with Crippen molar-refractivity contribution in [1.82, 2.24) is 0 Å². The van der Waals surface area contributed by atoms with Gasteiger partial charge in [-0.2, -0.15) is 0 Å². The molecule has 0 aliphatic rings. The third-order valence-corrected chi connectivity index (χ3v) is 6.58. The summed E-state index contributed by atoms with van der Waals surface area (Å²) in [5.74, 6) is 0. The molecule has 0 bridgehead atoms. The molecule has 0 aliphatic heterocycles. The SMILES string of the molecule is CC(C)(C)[CH2][Hg]. The van der Waals surface area contributed by atoms with Crippen LogP contribution in [0.3, 0.4) is 0 Å². The molecular formula is C5H11Hg. The van der Waals surface area contributed by atoms with Gasteiger partial charge in [-0.05, 0) is 0 Å². The van der Waals surface area contributed by atoms with Crippen molar-refractivity contribution >= 4 is 0 Å². The normalized spacial score (nSPS) is 12.2. The average molecular weight is 272 g/mol. The van der Waals surface area contributed by atoms with E-state index in [2.05, 4.69) is 20.8 Å². The van der Waals surface area contributed by atoms with Gasteiger partial charge in [0.05, 0.1) is 0 Å². The second-order valence-electron chi connectivity index (χ2n) is 2.81. The van der Waals surface area contributed by atoms with Crippen molar-refractivity contribution in [3.63, 3.8) is 0 Å². The Morgan fingerprint density at radius 3 is 1.50 bits per heavy atom. The molecule has 1 heteroatoms. The van der Waals surface area contributed by atoms with Crippen LogP contribution >= 0.6 is 0 Å². The summed E-state index contributed by atoms with van der Waals surface area (Å²) in [6.45, 7) is 6.88. The molecule has 0 aromatic rings. The van der Waals surface area contributed by atoms with E-state index in [1.165, 1.54) is 3.93 Å². The monoisotopic (exact) mass is 273 g/mol. The zero-order valence-corrected chi connectivity index (χ0v) is 10.4. The van der Waals surface area contributed by atoms with Crippen molar-refractivity contribution in [2.45, 2.75) is 24.7 Å². The van der Waals surface area contributed by atoms with E-state index < -0.39 is 0 Å². The van der Waals surface area contributed by atoms with Gasteiger partial charge in [0, 0.05) is 0 Å². The molecular weight excluding hydrogens is 261 g/mol. The standard InChI is InChI=1S/C5H11.Hg/c1-5(2,3)4;/h1H2,2-4H3;. The third kappa shape index (κ3) is 4.94. The topological polar surface area (TPSA) is 0 Å². The van der Waals surface area contributed by atoms with E-state index in [0.717, 1.165) is 26.1 Å². The fraction of sp³-hybridized carbons (Fsp3) is 1.00. The van der Waals surface area contributed by atoms with Crippen LogP contribution in [0.4, 0.5) is 0 Å². The van der Waals surface area contributed by atoms with Crippen molar-refractivity contribution in [2.24, 2.45) is 5.41 Å². The molecule has 0 amide bonds. The average Bonchev–Trinajstić information content (AvgIpc) is 1.35. The molecule has 0 rings (SSSR count). The number of rotatable bonds is 0. The van der Waals surface area contributed by atoms with Crippen LogP contribution in [-0.4, -0.2) is 0 Å². The minimum atomic E-state index is 0.628. The molecule has 33 valence electrons. The molecule has 0 N–H and O–H groups in total. The van der Waals surface area contributed by atoms with Gasteiger partial charge < -0.3 is 0 Å². The first kappa shape index (κ1) is 6.94. The first-order valence-electron chi connectivity index (χ1n) is 2.35. The second kappa shape index (κ2) is 2.30. The van der Waals surface area contributed by atoms with Crippen LogP contribution in [0, 0.1) is 5.41 Å². The summed E-state index contributed by atoms with van der Waals surface area (Å²) in [4.78, 5) is 0. The fourth-order valence-electron chi connectivity index (χ4n) is 0. The van der Waals surface area contributed by atoms with E-state index in [1.807, 2.05) is 0 Å². The Bertz CT molecular complexity index is 33.7. The van der Waals surface area contributed by atoms with Crippen molar-refractivity contribution in [1.29, 1.82) is 0 Å². The quantitative estimate of drug-likeness (QED) is 0.591.